The maximum absolute atomic E-state index is 12.0. The van der Waals surface area contributed by atoms with Gasteiger partial charge in [0, 0.05) is 6.54 Å². The third kappa shape index (κ3) is 8.10. The zero-order chi connectivity index (χ0) is 24.5. The van der Waals surface area contributed by atoms with Crippen molar-refractivity contribution in [3.63, 3.8) is 0 Å². The van der Waals surface area contributed by atoms with Gasteiger partial charge in [-0.15, -0.1) is 0 Å². The molecule has 0 radical (unpaired) electrons. The topological polar surface area (TPSA) is 163 Å². The summed E-state index contributed by atoms with van der Waals surface area (Å²) in [7, 11) is 0. The molecule has 0 bridgehead atoms. The maximum Gasteiger partial charge on any atom is 0.349 e. The average Bonchev–Trinajstić information content (AvgIpc) is 2.75. The van der Waals surface area contributed by atoms with Crippen LogP contribution in [0.2, 0.25) is 0 Å². The van der Waals surface area contributed by atoms with E-state index in [1.165, 1.54) is 18.4 Å². The smallest absolute Gasteiger partial charge is 0.349 e. The van der Waals surface area contributed by atoms with Gasteiger partial charge in [-0.1, -0.05) is 12.1 Å². The normalized spacial score (nSPS) is 17.9. The fraction of sp³-hybridized carbons (Fsp3) is 0.591. The van der Waals surface area contributed by atoms with Crippen LogP contribution in [0.3, 0.4) is 0 Å². The molecule has 10 heteroatoms. The lowest BCUT2D eigenvalue weighted by Gasteiger charge is -2.27. The molecule has 0 amide bonds. The number of ether oxygens (including phenoxy) is 2. The van der Waals surface area contributed by atoms with Gasteiger partial charge in [0.05, 0.1) is 6.61 Å². The number of hydrogen-bond acceptors (Lipinski definition) is 8. The molecule has 1 saturated heterocycles. The van der Waals surface area contributed by atoms with Gasteiger partial charge in [-0.2, -0.15) is 0 Å². The van der Waals surface area contributed by atoms with E-state index >= 15 is 0 Å². The first-order chi connectivity index (χ1) is 14.9. The zero-order valence-corrected chi connectivity index (χ0v) is 18.8. The van der Waals surface area contributed by atoms with Crippen LogP contribution in [0.25, 0.3) is 0 Å². The Kier molecular flexibility index (Phi) is 10.6. The van der Waals surface area contributed by atoms with E-state index in [0.29, 0.717) is 12.5 Å². The molecule has 10 nitrogen and oxygen atoms in total. The van der Waals surface area contributed by atoms with Gasteiger partial charge in [-0.05, 0) is 70.2 Å². The van der Waals surface area contributed by atoms with Crippen molar-refractivity contribution < 1.29 is 44.3 Å². The summed E-state index contributed by atoms with van der Waals surface area (Å²) < 4.78 is 11.1. The summed E-state index contributed by atoms with van der Waals surface area (Å²) in [4.78, 5) is 31.6. The Labute approximate surface area is 187 Å². The number of carboxylic acid groups (broad SMARTS) is 2. The van der Waals surface area contributed by atoms with E-state index in [1.807, 2.05) is 6.92 Å². The Balaban J connectivity index is 0.000000433. The van der Waals surface area contributed by atoms with Crippen molar-refractivity contribution in [3.05, 3.63) is 29.3 Å². The maximum atomic E-state index is 12.0. The van der Waals surface area contributed by atoms with Gasteiger partial charge in [0.25, 0.3) is 0 Å². The zero-order valence-electron chi connectivity index (χ0n) is 18.8. The summed E-state index contributed by atoms with van der Waals surface area (Å²) in [6.07, 6.45) is -2.14. The van der Waals surface area contributed by atoms with Gasteiger partial charge < -0.3 is 35.2 Å². The van der Waals surface area contributed by atoms with Crippen molar-refractivity contribution in [1.29, 1.82) is 0 Å². The minimum atomic E-state index is -2.27. The molecule has 0 spiro atoms. The molecule has 2 rings (SSSR count). The van der Waals surface area contributed by atoms with Crippen LogP contribution >= 0.6 is 0 Å². The third-order valence-electron chi connectivity index (χ3n) is 4.92. The second-order valence-electron chi connectivity index (χ2n) is 7.97. The van der Waals surface area contributed by atoms with Crippen LogP contribution in [0.15, 0.2) is 18.2 Å². The summed E-state index contributed by atoms with van der Waals surface area (Å²) in [5, 5.41) is 36.0. The fourth-order valence-corrected chi connectivity index (χ4v) is 3.01. The van der Waals surface area contributed by atoms with Crippen molar-refractivity contribution in [3.8, 4) is 5.75 Å². The largest absolute Gasteiger partial charge is 0.479 e. The van der Waals surface area contributed by atoms with E-state index in [-0.39, 0.29) is 5.97 Å². The molecule has 1 aromatic rings. The summed E-state index contributed by atoms with van der Waals surface area (Å²) in [6.45, 7) is 9.76. The van der Waals surface area contributed by atoms with Crippen LogP contribution in [-0.2, 0) is 19.1 Å². The molecule has 1 aliphatic rings. The Hall–Kier alpha value is -2.69. The molecule has 0 aromatic heterocycles. The van der Waals surface area contributed by atoms with Gasteiger partial charge in [-0.3, -0.25) is 0 Å². The quantitative estimate of drug-likeness (QED) is 0.358. The lowest BCUT2D eigenvalue weighted by Crippen LogP contribution is -2.40. The summed E-state index contributed by atoms with van der Waals surface area (Å²) in [6, 6.07) is 6.31. The molecule has 1 aliphatic heterocycles. The molecule has 5 N–H and O–H groups in total. The van der Waals surface area contributed by atoms with Gasteiger partial charge in [0.1, 0.15) is 5.75 Å². The molecule has 3 unspecified atom stereocenters. The number of carbonyl (C=O) groups excluding carboxylic acids is 1. The molecule has 3 atom stereocenters. The second kappa shape index (κ2) is 12.4. The van der Waals surface area contributed by atoms with Gasteiger partial charge in [0.15, 0.2) is 17.8 Å². The summed E-state index contributed by atoms with van der Waals surface area (Å²) in [5.41, 5.74) is 1.32. The van der Waals surface area contributed by atoms with Crippen LogP contribution in [0, 0.1) is 6.92 Å². The first kappa shape index (κ1) is 27.3. The third-order valence-corrected chi connectivity index (χ3v) is 4.92. The summed E-state index contributed by atoms with van der Waals surface area (Å²) >= 11 is 0. The number of esters is 1. The SMILES string of the molecule is CCOC(=O)C(C)(C)Oc1cc(C2CCCNC2)ccc1C.O=C(O)C(O)C(O)C(=O)O. The standard InChI is InChI=1S/C18H27NO3.C4H6O6/c1-5-21-17(20)18(3,4)22-16-11-14(9-8-13(16)2)15-7-6-10-19-12-15;5-1(3(7)8)2(6)4(9)10/h8-9,11,15,19H,5-7,10,12H2,1-4H3;1-2,5-6H,(H,7,8)(H,9,10). The predicted octanol–water partition coefficient (Wildman–Crippen LogP) is 1.06. The molecule has 1 aromatic carbocycles. The van der Waals surface area contributed by atoms with Crippen molar-refractivity contribution in [2.45, 2.75) is 64.3 Å². The van der Waals surface area contributed by atoms with E-state index in [1.54, 1.807) is 20.8 Å². The highest BCUT2D eigenvalue weighted by Crippen LogP contribution is 2.30. The predicted molar refractivity (Wildman–Crippen MR) is 115 cm³/mol. The highest BCUT2D eigenvalue weighted by Gasteiger charge is 2.32. The summed E-state index contributed by atoms with van der Waals surface area (Å²) in [5.74, 6) is -2.59. The lowest BCUT2D eigenvalue weighted by atomic mass is 9.91. The Morgan fingerprint density at radius 3 is 2.22 bits per heavy atom. The van der Waals surface area contributed by atoms with E-state index in [4.69, 9.17) is 29.9 Å². The minimum absolute atomic E-state index is 0.334. The van der Waals surface area contributed by atoms with Crippen molar-refractivity contribution in [2.24, 2.45) is 0 Å². The molecule has 1 heterocycles. The monoisotopic (exact) mass is 455 g/mol. The Morgan fingerprint density at radius 2 is 1.75 bits per heavy atom. The van der Waals surface area contributed by atoms with Gasteiger partial charge in [0.2, 0.25) is 0 Å². The van der Waals surface area contributed by atoms with Crippen LogP contribution in [0.5, 0.6) is 5.75 Å². The number of aryl methyl sites for hydroxylation is 1. The van der Waals surface area contributed by atoms with Crippen molar-refractivity contribution in [2.75, 3.05) is 19.7 Å². The molecule has 32 heavy (non-hydrogen) atoms. The average molecular weight is 456 g/mol. The highest BCUT2D eigenvalue weighted by molar-refractivity contribution is 5.83. The second-order valence-corrected chi connectivity index (χ2v) is 7.97. The van der Waals surface area contributed by atoms with E-state index in [9.17, 15) is 14.4 Å². The van der Waals surface area contributed by atoms with Crippen molar-refractivity contribution >= 4 is 17.9 Å². The number of piperidine rings is 1. The number of nitrogens with one attached hydrogen (secondary N) is 1. The lowest BCUT2D eigenvalue weighted by molar-refractivity contribution is -0.165. The van der Waals surface area contributed by atoms with E-state index < -0.39 is 29.7 Å². The molecule has 1 fully saturated rings. The van der Waals surface area contributed by atoms with Crippen LogP contribution in [0.1, 0.15) is 50.7 Å². The molecule has 0 saturated carbocycles. The van der Waals surface area contributed by atoms with E-state index in [0.717, 1.165) is 24.4 Å². The highest BCUT2D eigenvalue weighted by atomic mass is 16.6. The number of aliphatic hydroxyl groups excluding tert-OH is 2. The van der Waals surface area contributed by atoms with Crippen molar-refractivity contribution in [1.82, 2.24) is 5.32 Å². The minimum Gasteiger partial charge on any atom is -0.479 e. The number of aliphatic hydroxyl groups is 2. The number of carboxylic acids is 2. The van der Waals surface area contributed by atoms with Crippen LogP contribution < -0.4 is 10.1 Å². The first-order valence-electron chi connectivity index (χ1n) is 10.4. The van der Waals surface area contributed by atoms with Gasteiger partial charge in [-0.25, -0.2) is 14.4 Å². The van der Waals surface area contributed by atoms with Crippen LogP contribution in [0.4, 0.5) is 0 Å². The van der Waals surface area contributed by atoms with E-state index in [2.05, 4.69) is 23.5 Å². The molecular weight excluding hydrogens is 422 g/mol. The number of rotatable bonds is 8. The molecule has 0 aliphatic carbocycles. The number of benzene rings is 1. The number of hydrogen-bond donors (Lipinski definition) is 5. The molecular formula is C22H33NO9. The Morgan fingerprint density at radius 1 is 1.16 bits per heavy atom. The Bertz CT molecular complexity index is 770. The molecule has 180 valence electrons. The number of aliphatic carboxylic acids is 2. The number of carbonyl (C=O) groups is 3. The van der Waals surface area contributed by atoms with Gasteiger partial charge >= 0.3 is 17.9 Å². The first-order valence-corrected chi connectivity index (χ1v) is 10.4. The fourth-order valence-electron chi connectivity index (χ4n) is 3.01. The van der Waals surface area contributed by atoms with Crippen LogP contribution in [-0.4, -0.2) is 75.8 Å².